The zero-order valence-corrected chi connectivity index (χ0v) is 6.31. The molecule has 1 amide bonds. The van der Waals surface area contributed by atoms with Gasteiger partial charge in [-0.15, -0.1) is 0 Å². The van der Waals surface area contributed by atoms with Gasteiger partial charge in [0.25, 0.3) is 0 Å². The number of hydrogen-bond acceptors (Lipinski definition) is 3. The molecule has 0 fully saturated rings. The molecule has 0 unspecified atom stereocenters. The highest BCUT2D eigenvalue weighted by molar-refractivity contribution is 8.03. The maximum Gasteiger partial charge on any atom is 0.409 e. The SMILES string of the molecule is CN1C=C(NC(=O)O)SC1. The van der Waals surface area contributed by atoms with Crippen molar-refractivity contribution in [1.29, 1.82) is 0 Å². The molecule has 0 saturated heterocycles. The summed E-state index contributed by atoms with van der Waals surface area (Å²) in [6, 6.07) is 0. The second-order valence-corrected chi connectivity index (χ2v) is 2.94. The molecule has 1 aliphatic rings. The third kappa shape index (κ3) is 1.84. The number of amides is 1. The minimum absolute atomic E-state index is 0.690. The van der Waals surface area contributed by atoms with Gasteiger partial charge in [0.2, 0.25) is 0 Å². The summed E-state index contributed by atoms with van der Waals surface area (Å²) in [5.74, 6) is 0.815. The Morgan fingerprint density at radius 2 is 2.70 bits per heavy atom. The molecule has 0 aromatic carbocycles. The van der Waals surface area contributed by atoms with E-state index in [0.717, 1.165) is 5.88 Å². The lowest BCUT2D eigenvalue weighted by molar-refractivity contribution is 0.198. The van der Waals surface area contributed by atoms with Gasteiger partial charge in [-0.05, 0) is 0 Å². The first-order valence-electron chi connectivity index (χ1n) is 2.73. The van der Waals surface area contributed by atoms with Gasteiger partial charge in [0.15, 0.2) is 0 Å². The van der Waals surface area contributed by atoms with Crippen molar-refractivity contribution < 1.29 is 9.90 Å². The Kier molecular flexibility index (Phi) is 2.06. The standard InChI is InChI=1S/C5H8N2O2S/c1-7-2-4(10-3-7)6-5(8)9/h2,6H,3H2,1H3,(H,8,9). The molecule has 1 aliphatic heterocycles. The Morgan fingerprint density at radius 3 is 3.10 bits per heavy atom. The molecule has 56 valence electrons. The summed E-state index contributed by atoms with van der Waals surface area (Å²) < 4.78 is 0. The van der Waals surface area contributed by atoms with Crippen LogP contribution in [0.15, 0.2) is 11.2 Å². The van der Waals surface area contributed by atoms with Crippen molar-refractivity contribution in [2.75, 3.05) is 12.9 Å². The van der Waals surface area contributed by atoms with Gasteiger partial charge in [-0.3, -0.25) is 5.32 Å². The van der Waals surface area contributed by atoms with Crippen LogP contribution in [-0.2, 0) is 0 Å². The fourth-order valence-corrected chi connectivity index (χ4v) is 1.45. The Balaban J connectivity index is 2.43. The van der Waals surface area contributed by atoms with E-state index in [1.165, 1.54) is 11.8 Å². The average molecular weight is 160 g/mol. The topological polar surface area (TPSA) is 52.6 Å². The minimum atomic E-state index is -1.01. The van der Waals surface area contributed by atoms with Crippen LogP contribution in [-0.4, -0.2) is 29.0 Å². The van der Waals surface area contributed by atoms with E-state index < -0.39 is 6.09 Å². The Labute approximate surface area is 62.9 Å². The highest BCUT2D eigenvalue weighted by Gasteiger charge is 2.10. The van der Waals surface area contributed by atoms with E-state index in [0.29, 0.717) is 5.03 Å². The predicted molar refractivity (Wildman–Crippen MR) is 39.5 cm³/mol. The molecule has 0 spiro atoms. The van der Waals surface area contributed by atoms with Crippen molar-refractivity contribution in [2.45, 2.75) is 0 Å². The zero-order chi connectivity index (χ0) is 7.56. The van der Waals surface area contributed by atoms with Gasteiger partial charge in [0.05, 0.1) is 10.9 Å². The molecule has 0 radical (unpaired) electrons. The normalized spacial score (nSPS) is 16.9. The molecule has 2 N–H and O–H groups in total. The lowest BCUT2D eigenvalue weighted by atomic mass is 10.8. The second-order valence-electron chi connectivity index (χ2n) is 1.95. The predicted octanol–water partition coefficient (Wildman–Crippen LogP) is 0.689. The van der Waals surface area contributed by atoms with E-state index in [9.17, 15) is 4.79 Å². The molecule has 5 heteroatoms. The number of carboxylic acid groups (broad SMARTS) is 1. The molecular formula is C5H8N2O2S. The maximum atomic E-state index is 10.1. The second kappa shape index (κ2) is 2.83. The Bertz CT molecular complexity index is 180. The monoisotopic (exact) mass is 160 g/mol. The van der Waals surface area contributed by atoms with E-state index in [1.807, 2.05) is 11.9 Å². The first-order chi connectivity index (χ1) is 4.68. The van der Waals surface area contributed by atoms with Gasteiger partial charge >= 0.3 is 6.09 Å². The molecule has 0 aromatic heterocycles. The third-order valence-electron chi connectivity index (χ3n) is 0.991. The van der Waals surface area contributed by atoms with Crippen LogP contribution in [0.4, 0.5) is 4.79 Å². The van der Waals surface area contributed by atoms with Crippen LogP contribution in [0.1, 0.15) is 0 Å². The van der Waals surface area contributed by atoms with Crippen LogP contribution in [0.2, 0.25) is 0 Å². The Morgan fingerprint density at radius 1 is 2.00 bits per heavy atom. The first kappa shape index (κ1) is 7.27. The number of hydrogen-bond donors (Lipinski definition) is 2. The molecule has 0 bridgehead atoms. The van der Waals surface area contributed by atoms with Gasteiger partial charge < -0.3 is 10.0 Å². The van der Waals surface area contributed by atoms with Gasteiger partial charge in [0, 0.05) is 13.2 Å². The maximum absolute atomic E-state index is 10.1. The van der Waals surface area contributed by atoms with Crippen LogP contribution < -0.4 is 5.32 Å². The molecular weight excluding hydrogens is 152 g/mol. The number of thioether (sulfide) groups is 1. The molecule has 4 nitrogen and oxygen atoms in total. The van der Waals surface area contributed by atoms with E-state index in [-0.39, 0.29) is 0 Å². The van der Waals surface area contributed by atoms with E-state index in [1.54, 1.807) is 6.20 Å². The number of carbonyl (C=O) groups is 1. The number of rotatable bonds is 1. The quantitative estimate of drug-likeness (QED) is 0.592. The van der Waals surface area contributed by atoms with Crippen LogP contribution in [0.5, 0.6) is 0 Å². The molecule has 0 saturated carbocycles. The molecule has 10 heavy (non-hydrogen) atoms. The lowest BCUT2D eigenvalue weighted by Crippen LogP contribution is -2.17. The lowest BCUT2D eigenvalue weighted by Gasteiger charge is -2.00. The first-order valence-corrected chi connectivity index (χ1v) is 3.72. The van der Waals surface area contributed by atoms with E-state index in [4.69, 9.17) is 5.11 Å². The van der Waals surface area contributed by atoms with E-state index in [2.05, 4.69) is 5.32 Å². The average Bonchev–Trinajstić information content (AvgIpc) is 2.13. The molecule has 1 rings (SSSR count). The van der Waals surface area contributed by atoms with Crippen LogP contribution in [0.3, 0.4) is 0 Å². The van der Waals surface area contributed by atoms with Crippen molar-refractivity contribution in [3.8, 4) is 0 Å². The molecule has 0 atom stereocenters. The summed E-state index contributed by atoms with van der Waals surface area (Å²) in [5, 5.41) is 11.2. The van der Waals surface area contributed by atoms with Crippen LogP contribution >= 0.6 is 11.8 Å². The van der Waals surface area contributed by atoms with Gasteiger partial charge in [0.1, 0.15) is 0 Å². The minimum Gasteiger partial charge on any atom is -0.465 e. The zero-order valence-electron chi connectivity index (χ0n) is 5.50. The summed E-state index contributed by atoms with van der Waals surface area (Å²) in [7, 11) is 1.89. The highest BCUT2D eigenvalue weighted by Crippen LogP contribution is 2.20. The molecule has 1 heterocycles. The fraction of sp³-hybridized carbons (Fsp3) is 0.400. The van der Waals surface area contributed by atoms with Crippen molar-refractivity contribution in [2.24, 2.45) is 0 Å². The van der Waals surface area contributed by atoms with Gasteiger partial charge in [-0.2, -0.15) is 0 Å². The highest BCUT2D eigenvalue weighted by atomic mass is 32.2. The van der Waals surface area contributed by atoms with Crippen LogP contribution in [0.25, 0.3) is 0 Å². The largest absolute Gasteiger partial charge is 0.465 e. The van der Waals surface area contributed by atoms with Crippen molar-refractivity contribution >= 4 is 17.9 Å². The summed E-state index contributed by atoms with van der Waals surface area (Å²) >= 11 is 1.47. The molecule has 0 aromatic rings. The van der Waals surface area contributed by atoms with Crippen molar-refractivity contribution in [1.82, 2.24) is 10.2 Å². The Hall–Kier alpha value is -0.840. The smallest absolute Gasteiger partial charge is 0.409 e. The molecule has 0 aliphatic carbocycles. The summed E-state index contributed by atoms with van der Waals surface area (Å²) in [5.41, 5.74) is 0. The van der Waals surface area contributed by atoms with Crippen molar-refractivity contribution in [3.63, 3.8) is 0 Å². The number of nitrogens with zero attached hydrogens (tertiary/aromatic N) is 1. The van der Waals surface area contributed by atoms with E-state index >= 15 is 0 Å². The summed E-state index contributed by atoms with van der Waals surface area (Å²) in [6.45, 7) is 0. The van der Waals surface area contributed by atoms with Gasteiger partial charge in [-0.1, -0.05) is 11.8 Å². The summed E-state index contributed by atoms with van der Waals surface area (Å²) in [4.78, 5) is 12.0. The van der Waals surface area contributed by atoms with Crippen LogP contribution in [0, 0.1) is 0 Å². The van der Waals surface area contributed by atoms with Crippen molar-refractivity contribution in [3.05, 3.63) is 11.2 Å². The number of nitrogens with one attached hydrogen (secondary N) is 1. The summed E-state index contributed by atoms with van der Waals surface area (Å²) in [6.07, 6.45) is 0.757. The van der Waals surface area contributed by atoms with Gasteiger partial charge in [-0.25, -0.2) is 4.79 Å². The third-order valence-corrected chi connectivity index (χ3v) is 2.05. The fourth-order valence-electron chi connectivity index (χ4n) is 0.620.